The number of thioether (sulfide) groups is 1. The van der Waals surface area contributed by atoms with Gasteiger partial charge in [0, 0.05) is 18.6 Å². The van der Waals surface area contributed by atoms with E-state index in [-0.39, 0.29) is 0 Å². The number of thiocyanates is 1. The van der Waals surface area contributed by atoms with Crippen molar-refractivity contribution in [3.63, 3.8) is 0 Å². The first-order chi connectivity index (χ1) is 5.43. The van der Waals surface area contributed by atoms with Crippen molar-refractivity contribution in [3.8, 4) is 5.40 Å². The van der Waals surface area contributed by atoms with Crippen LogP contribution >= 0.6 is 23.7 Å². The lowest BCUT2D eigenvalue weighted by molar-refractivity contribution is 0.716. The van der Waals surface area contributed by atoms with E-state index in [0.717, 1.165) is 11.6 Å². The Morgan fingerprint density at radius 1 is 1.73 bits per heavy atom. The number of hydrogen-bond acceptors (Lipinski definition) is 5. The minimum absolute atomic E-state index is 0.773. The lowest BCUT2D eigenvalue weighted by Gasteiger charge is -2.16. The Morgan fingerprint density at radius 2 is 2.64 bits per heavy atom. The summed E-state index contributed by atoms with van der Waals surface area (Å²) >= 11 is 2.87. The van der Waals surface area contributed by atoms with Crippen LogP contribution in [0.15, 0.2) is 17.4 Å². The molecule has 0 fully saturated rings. The maximum atomic E-state index is 8.23. The van der Waals surface area contributed by atoms with Crippen LogP contribution in [0.25, 0.3) is 0 Å². The van der Waals surface area contributed by atoms with Gasteiger partial charge in [0.25, 0.3) is 0 Å². The van der Waals surface area contributed by atoms with Crippen LogP contribution < -0.4 is 0 Å². The predicted molar refractivity (Wildman–Crippen MR) is 50.0 cm³/mol. The van der Waals surface area contributed by atoms with Gasteiger partial charge in [-0.2, -0.15) is 5.26 Å². The van der Waals surface area contributed by atoms with Gasteiger partial charge in [-0.3, -0.25) is 4.99 Å². The minimum Gasteiger partial charge on any atom is -0.316 e. The quantitative estimate of drug-likeness (QED) is 0.290. The predicted octanol–water partition coefficient (Wildman–Crippen LogP) is 1.66. The van der Waals surface area contributed by atoms with E-state index in [0.29, 0.717) is 0 Å². The Hall–Kier alpha value is -0.600. The fourth-order valence-electron chi connectivity index (χ4n) is 0.578. The van der Waals surface area contributed by atoms with E-state index in [1.54, 1.807) is 18.1 Å². The first kappa shape index (κ1) is 8.50. The third-order valence-corrected chi connectivity index (χ3v) is 2.65. The Kier molecular flexibility index (Phi) is 3.94. The summed E-state index contributed by atoms with van der Waals surface area (Å²) in [5, 5.41) is 11.0. The minimum atomic E-state index is 0.773. The first-order valence-electron chi connectivity index (χ1n) is 3.02. The Bertz CT molecular complexity index is 206. The summed E-state index contributed by atoms with van der Waals surface area (Å²) < 4.78 is 2.04. The molecule has 1 heterocycles. The van der Waals surface area contributed by atoms with Crippen LogP contribution in [0.2, 0.25) is 0 Å². The average molecular weight is 185 g/mol. The highest BCUT2D eigenvalue weighted by Gasteiger charge is 1.99. The second kappa shape index (κ2) is 5.10. The monoisotopic (exact) mass is 185 g/mol. The molecular weight excluding hydrogens is 178 g/mol. The molecule has 0 atom stereocenters. The fraction of sp³-hybridized carbons (Fsp3) is 0.333. The molecule has 1 aliphatic heterocycles. The summed E-state index contributed by atoms with van der Waals surface area (Å²) in [6.45, 7) is 0.827. The van der Waals surface area contributed by atoms with Gasteiger partial charge >= 0.3 is 0 Å². The molecule has 0 radical (unpaired) electrons. The van der Waals surface area contributed by atoms with Crippen molar-refractivity contribution in [1.29, 1.82) is 5.26 Å². The standard InChI is InChI=1S/C6H7N3S2/c7-5-10-6-11-9-3-1-8-2-4-9/h1-3H,4,6H2. The molecule has 0 amide bonds. The Balaban J connectivity index is 2.13. The molecule has 1 rings (SSSR count). The number of aliphatic imine (C=N–C) groups is 1. The van der Waals surface area contributed by atoms with E-state index in [2.05, 4.69) is 4.99 Å². The van der Waals surface area contributed by atoms with E-state index in [4.69, 9.17) is 5.26 Å². The molecule has 0 aromatic heterocycles. The van der Waals surface area contributed by atoms with Gasteiger partial charge in [0.2, 0.25) is 0 Å². The van der Waals surface area contributed by atoms with E-state index >= 15 is 0 Å². The van der Waals surface area contributed by atoms with Crippen LogP contribution in [-0.4, -0.2) is 22.1 Å². The van der Waals surface area contributed by atoms with Crippen LogP contribution in [0.1, 0.15) is 0 Å². The summed E-state index contributed by atoms with van der Waals surface area (Å²) in [6.07, 6.45) is 5.49. The van der Waals surface area contributed by atoms with Gasteiger partial charge in [-0.15, -0.1) is 0 Å². The van der Waals surface area contributed by atoms with Crippen LogP contribution in [-0.2, 0) is 0 Å². The van der Waals surface area contributed by atoms with Crippen LogP contribution in [0.4, 0.5) is 0 Å². The highest BCUT2D eigenvalue weighted by atomic mass is 32.2. The van der Waals surface area contributed by atoms with Gasteiger partial charge in [0.1, 0.15) is 5.40 Å². The summed E-state index contributed by atoms with van der Waals surface area (Å²) in [7, 11) is 0. The van der Waals surface area contributed by atoms with E-state index in [1.807, 2.05) is 22.1 Å². The third-order valence-electron chi connectivity index (χ3n) is 1.03. The third kappa shape index (κ3) is 3.35. The van der Waals surface area contributed by atoms with Crippen molar-refractivity contribution in [2.24, 2.45) is 4.99 Å². The lowest BCUT2D eigenvalue weighted by Crippen LogP contribution is -2.13. The molecule has 1 aliphatic rings. The Morgan fingerprint density at radius 3 is 3.27 bits per heavy atom. The fourth-order valence-corrected chi connectivity index (χ4v) is 1.85. The number of nitrogens with zero attached hydrogens (tertiary/aromatic N) is 3. The number of nitriles is 1. The summed E-state index contributed by atoms with van der Waals surface area (Å²) in [6, 6.07) is 0. The maximum absolute atomic E-state index is 8.23. The molecule has 0 N–H and O–H groups in total. The first-order valence-corrected chi connectivity index (χ1v) is 4.95. The van der Waals surface area contributed by atoms with Crippen molar-refractivity contribution in [1.82, 2.24) is 4.31 Å². The number of hydrogen-bond donors (Lipinski definition) is 0. The highest BCUT2D eigenvalue weighted by molar-refractivity contribution is 8.17. The van der Waals surface area contributed by atoms with Crippen LogP contribution in [0.5, 0.6) is 0 Å². The molecule has 0 spiro atoms. The van der Waals surface area contributed by atoms with Crippen LogP contribution in [0.3, 0.4) is 0 Å². The molecule has 0 saturated heterocycles. The zero-order valence-electron chi connectivity index (χ0n) is 5.80. The van der Waals surface area contributed by atoms with Gasteiger partial charge in [0.15, 0.2) is 0 Å². The van der Waals surface area contributed by atoms with Crippen LogP contribution in [0, 0.1) is 10.7 Å². The topological polar surface area (TPSA) is 39.4 Å². The molecule has 5 heteroatoms. The van der Waals surface area contributed by atoms with Gasteiger partial charge < -0.3 is 4.31 Å². The summed E-state index contributed by atoms with van der Waals surface area (Å²) in [5.74, 6) is 0. The van der Waals surface area contributed by atoms with Crippen molar-refractivity contribution < 1.29 is 0 Å². The van der Waals surface area contributed by atoms with Gasteiger partial charge in [-0.05, 0) is 23.7 Å². The van der Waals surface area contributed by atoms with Gasteiger partial charge in [-0.1, -0.05) is 0 Å². The maximum Gasteiger partial charge on any atom is 0.134 e. The molecule has 0 saturated carbocycles. The zero-order valence-corrected chi connectivity index (χ0v) is 7.44. The molecule has 0 aliphatic carbocycles. The summed E-state index contributed by atoms with van der Waals surface area (Å²) in [5.41, 5.74) is 0. The van der Waals surface area contributed by atoms with Crippen molar-refractivity contribution in [2.45, 2.75) is 0 Å². The molecule has 0 bridgehead atoms. The SMILES string of the molecule is N#CSCSN1C=CN=CC1. The van der Waals surface area contributed by atoms with E-state index < -0.39 is 0 Å². The average Bonchev–Trinajstić information content (AvgIpc) is 2.07. The largest absolute Gasteiger partial charge is 0.316 e. The smallest absolute Gasteiger partial charge is 0.134 e. The summed E-state index contributed by atoms with van der Waals surface area (Å²) in [4.78, 5) is 3.92. The molecule has 0 aromatic rings. The number of rotatable bonds is 3. The van der Waals surface area contributed by atoms with Crippen molar-refractivity contribution in [2.75, 3.05) is 11.6 Å². The second-order valence-corrected chi connectivity index (χ2v) is 3.85. The van der Waals surface area contributed by atoms with Crippen molar-refractivity contribution in [3.05, 3.63) is 12.4 Å². The second-order valence-electron chi connectivity index (χ2n) is 1.71. The van der Waals surface area contributed by atoms with E-state index in [9.17, 15) is 0 Å². The zero-order chi connectivity index (χ0) is 7.94. The van der Waals surface area contributed by atoms with E-state index in [1.165, 1.54) is 11.8 Å². The molecule has 3 nitrogen and oxygen atoms in total. The van der Waals surface area contributed by atoms with Crippen molar-refractivity contribution >= 4 is 29.9 Å². The highest BCUT2D eigenvalue weighted by Crippen LogP contribution is 2.16. The molecule has 58 valence electrons. The molecular formula is C6H7N3S2. The normalized spacial score (nSPS) is 15.0. The Labute approximate surface area is 74.3 Å². The molecule has 11 heavy (non-hydrogen) atoms. The van der Waals surface area contributed by atoms with Gasteiger partial charge in [-0.25, -0.2) is 0 Å². The van der Waals surface area contributed by atoms with Gasteiger partial charge in [0.05, 0.1) is 11.6 Å². The molecule has 0 unspecified atom stereocenters. The molecule has 0 aromatic carbocycles. The lowest BCUT2D eigenvalue weighted by atomic mass is 10.6.